The lowest BCUT2D eigenvalue weighted by molar-refractivity contribution is -0.141. The molecule has 0 radical (unpaired) electrons. The number of rotatable bonds is 5. The smallest absolute Gasteiger partial charge is 0.433 e. The van der Waals surface area contributed by atoms with Crippen LogP contribution in [0.3, 0.4) is 0 Å². The number of alkyl carbamates (subject to hydrolysis) is 1. The van der Waals surface area contributed by atoms with Gasteiger partial charge in [0.05, 0.1) is 27.9 Å². The van der Waals surface area contributed by atoms with Crippen LogP contribution in [0, 0.1) is 0 Å². The lowest BCUT2D eigenvalue weighted by Gasteiger charge is -2.11. The van der Waals surface area contributed by atoms with Crippen molar-refractivity contribution in [3.63, 3.8) is 0 Å². The van der Waals surface area contributed by atoms with Gasteiger partial charge >= 0.3 is 18.2 Å². The van der Waals surface area contributed by atoms with Gasteiger partial charge in [-0.05, 0) is 0 Å². The molecule has 0 bridgehead atoms. The molecule has 108 valence electrons. The van der Waals surface area contributed by atoms with Gasteiger partial charge in [-0.3, -0.25) is 4.79 Å². The molecule has 0 saturated heterocycles. The number of esters is 1. The molecule has 0 aromatic carbocycles. The number of methoxy groups -OCH3 is 3. The van der Waals surface area contributed by atoms with Crippen LogP contribution in [0.1, 0.15) is 6.42 Å². The Morgan fingerprint density at radius 3 is 2.26 bits per heavy atom. The number of nitrogens with zero attached hydrogens (tertiary/aromatic N) is 1. The maximum atomic E-state index is 11.2. The first-order valence-corrected chi connectivity index (χ1v) is 5.24. The van der Waals surface area contributed by atoms with Crippen molar-refractivity contribution in [2.45, 2.75) is 12.5 Å². The SMILES string of the molecule is COC(=O)N=C(CNC(=O)OC)C[C@H](N)C(=O)OC. The fourth-order valence-electron chi connectivity index (χ4n) is 1.07. The third-order valence-corrected chi connectivity index (χ3v) is 2.01. The molecule has 9 heteroatoms. The summed E-state index contributed by atoms with van der Waals surface area (Å²) in [6.07, 6.45) is -1.63. The summed E-state index contributed by atoms with van der Waals surface area (Å²) in [6.45, 7) is -0.105. The van der Waals surface area contributed by atoms with Crippen LogP contribution in [0.25, 0.3) is 0 Å². The lowest BCUT2D eigenvalue weighted by Crippen LogP contribution is -2.38. The van der Waals surface area contributed by atoms with Crippen molar-refractivity contribution in [1.82, 2.24) is 5.32 Å². The fourth-order valence-corrected chi connectivity index (χ4v) is 1.07. The molecule has 0 aliphatic rings. The van der Waals surface area contributed by atoms with Crippen molar-refractivity contribution in [2.24, 2.45) is 10.7 Å². The van der Waals surface area contributed by atoms with E-state index in [2.05, 4.69) is 24.5 Å². The average Bonchev–Trinajstić information content (AvgIpc) is 2.42. The standard InChI is InChI=1S/C10H17N3O6/c1-17-8(14)7(11)4-6(13-10(16)19-3)5-12-9(15)18-2/h7H,4-5,11H2,1-3H3,(H,12,15)/t7-/m0/s1. The van der Waals surface area contributed by atoms with Crippen LogP contribution in [0.2, 0.25) is 0 Å². The molecule has 0 spiro atoms. The van der Waals surface area contributed by atoms with Crippen molar-refractivity contribution in [3.05, 3.63) is 0 Å². The number of carbonyl (C=O) groups excluding carboxylic acids is 3. The second kappa shape index (κ2) is 8.86. The normalized spacial score (nSPS) is 12.3. The highest BCUT2D eigenvalue weighted by atomic mass is 16.5. The molecule has 0 aromatic heterocycles. The number of hydrogen-bond acceptors (Lipinski definition) is 7. The quantitative estimate of drug-likeness (QED) is 0.391. The molecule has 2 amide bonds. The summed E-state index contributed by atoms with van der Waals surface area (Å²) in [6, 6.07) is -0.993. The Balaban J connectivity index is 4.68. The summed E-state index contributed by atoms with van der Waals surface area (Å²) < 4.78 is 13.2. The molecular weight excluding hydrogens is 258 g/mol. The van der Waals surface area contributed by atoms with E-state index in [9.17, 15) is 14.4 Å². The van der Waals surface area contributed by atoms with Crippen molar-refractivity contribution >= 4 is 23.9 Å². The van der Waals surface area contributed by atoms with E-state index in [0.717, 1.165) is 7.11 Å². The minimum atomic E-state index is -0.993. The molecule has 0 fully saturated rings. The van der Waals surface area contributed by atoms with Crippen LogP contribution < -0.4 is 11.1 Å². The van der Waals surface area contributed by atoms with Gasteiger partial charge < -0.3 is 25.3 Å². The number of nitrogens with one attached hydrogen (secondary N) is 1. The number of nitrogens with two attached hydrogens (primary N) is 1. The maximum Gasteiger partial charge on any atom is 0.433 e. The largest absolute Gasteiger partial charge is 0.468 e. The van der Waals surface area contributed by atoms with Crippen LogP contribution in [0.15, 0.2) is 4.99 Å². The molecule has 9 nitrogen and oxygen atoms in total. The van der Waals surface area contributed by atoms with Crippen molar-refractivity contribution in [2.75, 3.05) is 27.9 Å². The molecule has 0 aromatic rings. The number of ether oxygens (including phenoxy) is 3. The predicted molar refractivity (Wildman–Crippen MR) is 64.9 cm³/mol. The first-order chi connectivity index (χ1) is 8.94. The molecule has 1 atom stereocenters. The third kappa shape index (κ3) is 6.99. The van der Waals surface area contributed by atoms with E-state index >= 15 is 0 Å². The van der Waals surface area contributed by atoms with E-state index in [1.165, 1.54) is 14.2 Å². The van der Waals surface area contributed by atoms with Gasteiger partial charge in [0.15, 0.2) is 0 Å². The van der Waals surface area contributed by atoms with Gasteiger partial charge in [0, 0.05) is 12.1 Å². The van der Waals surface area contributed by atoms with E-state index in [0.29, 0.717) is 0 Å². The van der Waals surface area contributed by atoms with Crippen LogP contribution in [0.4, 0.5) is 9.59 Å². The summed E-state index contributed by atoms with van der Waals surface area (Å²) in [5, 5.41) is 2.32. The van der Waals surface area contributed by atoms with Crippen LogP contribution in [0.5, 0.6) is 0 Å². The Kier molecular flexibility index (Phi) is 7.85. The Hall–Kier alpha value is -2.16. The summed E-state index contributed by atoms with van der Waals surface area (Å²) in [7, 11) is 3.52. The summed E-state index contributed by atoms with van der Waals surface area (Å²) in [5.74, 6) is -0.657. The van der Waals surface area contributed by atoms with E-state index in [1.807, 2.05) is 0 Å². The Morgan fingerprint density at radius 2 is 1.79 bits per heavy atom. The number of amides is 2. The maximum absolute atomic E-state index is 11.2. The van der Waals surface area contributed by atoms with Gasteiger partial charge in [0.2, 0.25) is 0 Å². The van der Waals surface area contributed by atoms with Crippen LogP contribution in [-0.4, -0.2) is 57.8 Å². The van der Waals surface area contributed by atoms with Crippen molar-refractivity contribution in [1.29, 1.82) is 0 Å². The Labute approximate surface area is 110 Å². The summed E-state index contributed by atoms with van der Waals surface area (Å²) in [4.78, 5) is 36.7. The molecule has 0 heterocycles. The minimum Gasteiger partial charge on any atom is -0.468 e. The van der Waals surface area contributed by atoms with Gasteiger partial charge in [-0.25, -0.2) is 9.59 Å². The molecule has 0 unspecified atom stereocenters. The molecule has 3 N–H and O–H groups in total. The number of aliphatic imine (C=N–C) groups is 1. The number of carbonyl (C=O) groups is 3. The Bertz CT molecular complexity index is 368. The molecule has 19 heavy (non-hydrogen) atoms. The topological polar surface area (TPSA) is 129 Å². The molecule has 0 saturated carbocycles. The van der Waals surface area contributed by atoms with Crippen LogP contribution in [-0.2, 0) is 19.0 Å². The highest BCUT2D eigenvalue weighted by molar-refractivity contribution is 5.98. The van der Waals surface area contributed by atoms with E-state index in [1.54, 1.807) is 0 Å². The second-order valence-corrected chi connectivity index (χ2v) is 3.33. The van der Waals surface area contributed by atoms with Gasteiger partial charge in [0.1, 0.15) is 6.04 Å². The van der Waals surface area contributed by atoms with Crippen LogP contribution >= 0.6 is 0 Å². The first-order valence-electron chi connectivity index (χ1n) is 5.24. The van der Waals surface area contributed by atoms with E-state index in [-0.39, 0.29) is 18.7 Å². The van der Waals surface area contributed by atoms with E-state index in [4.69, 9.17) is 5.73 Å². The van der Waals surface area contributed by atoms with E-state index < -0.39 is 24.2 Å². The molecular formula is C10H17N3O6. The zero-order valence-corrected chi connectivity index (χ0v) is 11.0. The first kappa shape index (κ1) is 16.8. The average molecular weight is 275 g/mol. The molecule has 0 rings (SSSR count). The van der Waals surface area contributed by atoms with Gasteiger partial charge in [-0.2, -0.15) is 4.99 Å². The summed E-state index contributed by atoms with van der Waals surface area (Å²) >= 11 is 0. The summed E-state index contributed by atoms with van der Waals surface area (Å²) in [5.41, 5.74) is 5.70. The van der Waals surface area contributed by atoms with Gasteiger partial charge in [-0.15, -0.1) is 0 Å². The van der Waals surface area contributed by atoms with Crippen molar-refractivity contribution in [3.8, 4) is 0 Å². The highest BCUT2D eigenvalue weighted by Crippen LogP contribution is 1.97. The fraction of sp³-hybridized carbons (Fsp3) is 0.600. The Morgan fingerprint density at radius 1 is 1.16 bits per heavy atom. The number of hydrogen-bond donors (Lipinski definition) is 2. The predicted octanol–water partition coefficient (Wildman–Crippen LogP) is -0.560. The monoisotopic (exact) mass is 275 g/mol. The molecule has 0 aliphatic carbocycles. The zero-order valence-electron chi connectivity index (χ0n) is 11.0. The molecule has 0 aliphatic heterocycles. The van der Waals surface area contributed by atoms with Crippen molar-refractivity contribution < 1.29 is 28.6 Å². The zero-order chi connectivity index (χ0) is 14.8. The van der Waals surface area contributed by atoms with Gasteiger partial charge in [-0.1, -0.05) is 0 Å². The highest BCUT2D eigenvalue weighted by Gasteiger charge is 2.18. The minimum absolute atomic E-state index is 0.0637. The lowest BCUT2D eigenvalue weighted by atomic mass is 10.1. The second-order valence-electron chi connectivity index (χ2n) is 3.33. The third-order valence-electron chi connectivity index (χ3n) is 2.01. The van der Waals surface area contributed by atoms with Gasteiger partial charge in [0.25, 0.3) is 0 Å².